The minimum atomic E-state index is 0.813. The van der Waals surface area contributed by atoms with Crippen molar-refractivity contribution in [2.45, 2.75) is 13.3 Å². The van der Waals surface area contributed by atoms with Gasteiger partial charge in [0.25, 0.3) is 0 Å². The second-order valence-electron chi connectivity index (χ2n) is 7.10. The Morgan fingerprint density at radius 1 is 0.667 bits per heavy atom. The lowest BCUT2D eigenvalue weighted by molar-refractivity contribution is 1.14. The van der Waals surface area contributed by atoms with E-state index < -0.39 is 0 Å². The van der Waals surface area contributed by atoms with Gasteiger partial charge in [-0.05, 0) is 59.3 Å². The van der Waals surface area contributed by atoms with Gasteiger partial charge in [-0.2, -0.15) is 0 Å². The smallest absolute Gasteiger partial charge is 0.0603 e. The molecule has 0 fully saturated rings. The van der Waals surface area contributed by atoms with E-state index in [0.29, 0.717) is 0 Å². The van der Waals surface area contributed by atoms with Crippen molar-refractivity contribution in [1.82, 2.24) is 0 Å². The van der Waals surface area contributed by atoms with E-state index in [2.05, 4.69) is 102 Å². The molecule has 4 aromatic rings. The first-order chi connectivity index (χ1) is 14.7. The Morgan fingerprint density at radius 2 is 1.23 bits per heavy atom. The summed E-state index contributed by atoms with van der Waals surface area (Å²) in [5.74, 6) is 0. The molecule has 2 nitrogen and oxygen atoms in total. The SMILES string of the molecule is CCc1c(-c2ccccc2N)cccc1-c1ccccc1N(SC)c1ccccc1. The monoisotopic (exact) mass is 410 g/mol. The Labute approximate surface area is 183 Å². The van der Waals surface area contributed by atoms with Crippen LogP contribution in [0, 0.1) is 0 Å². The maximum absolute atomic E-state index is 6.33. The van der Waals surface area contributed by atoms with Gasteiger partial charge in [0, 0.05) is 23.1 Å². The number of nitrogens with zero attached hydrogens (tertiary/aromatic N) is 1. The van der Waals surface area contributed by atoms with Crippen LogP contribution in [0.3, 0.4) is 0 Å². The average molecular weight is 411 g/mol. The van der Waals surface area contributed by atoms with Gasteiger partial charge in [0.15, 0.2) is 0 Å². The van der Waals surface area contributed by atoms with Gasteiger partial charge in [0.1, 0.15) is 0 Å². The summed E-state index contributed by atoms with van der Waals surface area (Å²) in [4.78, 5) is 0. The maximum atomic E-state index is 6.33. The third-order valence-corrected chi connectivity index (χ3v) is 6.14. The second kappa shape index (κ2) is 9.10. The first-order valence-corrected chi connectivity index (χ1v) is 11.4. The fraction of sp³-hybridized carbons (Fsp3) is 0.111. The summed E-state index contributed by atoms with van der Waals surface area (Å²) < 4.78 is 2.29. The number of hydrogen-bond acceptors (Lipinski definition) is 3. The molecule has 0 radical (unpaired) electrons. The Kier molecular flexibility index (Phi) is 6.10. The molecule has 4 aromatic carbocycles. The molecule has 0 atom stereocenters. The van der Waals surface area contributed by atoms with E-state index in [0.717, 1.165) is 17.7 Å². The summed E-state index contributed by atoms with van der Waals surface area (Å²) in [6, 6.07) is 33.8. The fourth-order valence-corrected chi connectivity index (χ4v) is 4.69. The highest BCUT2D eigenvalue weighted by molar-refractivity contribution is 8.00. The van der Waals surface area contributed by atoms with E-state index in [-0.39, 0.29) is 0 Å². The lowest BCUT2D eigenvalue weighted by Crippen LogP contribution is -2.07. The fourth-order valence-electron chi connectivity index (χ4n) is 4.00. The minimum Gasteiger partial charge on any atom is -0.398 e. The third-order valence-electron chi connectivity index (χ3n) is 5.37. The van der Waals surface area contributed by atoms with E-state index in [1.807, 2.05) is 12.1 Å². The van der Waals surface area contributed by atoms with Crippen LogP contribution < -0.4 is 10.0 Å². The highest BCUT2D eigenvalue weighted by Gasteiger charge is 2.18. The van der Waals surface area contributed by atoms with Crippen LogP contribution in [-0.2, 0) is 6.42 Å². The molecule has 150 valence electrons. The lowest BCUT2D eigenvalue weighted by atomic mass is 9.89. The van der Waals surface area contributed by atoms with Crippen LogP contribution in [0.15, 0.2) is 97.1 Å². The first kappa shape index (κ1) is 20.1. The third kappa shape index (κ3) is 3.81. The number of para-hydroxylation sites is 3. The van der Waals surface area contributed by atoms with Crippen LogP contribution >= 0.6 is 11.9 Å². The molecule has 0 aliphatic rings. The average Bonchev–Trinajstić information content (AvgIpc) is 2.80. The molecule has 0 aliphatic carbocycles. The number of nitrogens with two attached hydrogens (primary N) is 1. The molecular formula is C27H26N2S. The summed E-state index contributed by atoms with van der Waals surface area (Å²) in [7, 11) is 0. The summed E-state index contributed by atoms with van der Waals surface area (Å²) in [6.07, 6.45) is 3.05. The molecule has 0 unspecified atom stereocenters. The van der Waals surface area contributed by atoms with Crippen LogP contribution in [0.2, 0.25) is 0 Å². The number of benzene rings is 4. The quantitative estimate of drug-likeness (QED) is 0.262. The zero-order chi connectivity index (χ0) is 20.9. The zero-order valence-electron chi connectivity index (χ0n) is 17.4. The van der Waals surface area contributed by atoms with Crippen LogP contribution in [0.1, 0.15) is 12.5 Å². The normalized spacial score (nSPS) is 10.7. The molecule has 0 saturated carbocycles. The van der Waals surface area contributed by atoms with Crippen molar-refractivity contribution in [3.05, 3.63) is 103 Å². The van der Waals surface area contributed by atoms with Gasteiger partial charge in [-0.1, -0.05) is 79.7 Å². The Bertz CT molecular complexity index is 1140. The molecule has 0 aromatic heterocycles. The van der Waals surface area contributed by atoms with Crippen molar-refractivity contribution in [1.29, 1.82) is 0 Å². The predicted octanol–water partition coefficient (Wildman–Crippen LogP) is 7.58. The van der Waals surface area contributed by atoms with Gasteiger partial charge in [-0.15, -0.1) is 0 Å². The maximum Gasteiger partial charge on any atom is 0.0603 e. The lowest BCUT2D eigenvalue weighted by Gasteiger charge is -2.26. The molecule has 3 heteroatoms. The Balaban J connectivity index is 1.91. The first-order valence-electron chi connectivity index (χ1n) is 10.2. The number of anilines is 3. The van der Waals surface area contributed by atoms with Crippen LogP contribution in [-0.4, -0.2) is 6.26 Å². The van der Waals surface area contributed by atoms with Gasteiger partial charge < -0.3 is 5.73 Å². The number of nitrogen functional groups attached to an aromatic ring is 1. The van der Waals surface area contributed by atoms with E-state index in [1.54, 1.807) is 11.9 Å². The summed E-state index contributed by atoms with van der Waals surface area (Å²) in [5.41, 5.74) is 15.6. The Hall–Kier alpha value is -3.17. The van der Waals surface area contributed by atoms with Crippen molar-refractivity contribution >= 4 is 29.0 Å². The largest absolute Gasteiger partial charge is 0.398 e. The van der Waals surface area contributed by atoms with Crippen molar-refractivity contribution in [3.8, 4) is 22.3 Å². The van der Waals surface area contributed by atoms with Gasteiger partial charge in [0.2, 0.25) is 0 Å². The molecule has 0 saturated heterocycles. The molecule has 0 aliphatic heterocycles. The second-order valence-corrected chi connectivity index (χ2v) is 7.83. The van der Waals surface area contributed by atoms with Crippen molar-refractivity contribution in [2.24, 2.45) is 0 Å². The molecule has 30 heavy (non-hydrogen) atoms. The van der Waals surface area contributed by atoms with Gasteiger partial charge in [0.05, 0.1) is 11.4 Å². The van der Waals surface area contributed by atoms with Gasteiger partial charge >= 0.3 is 0 Å². The van der Waals surface area contributed by atoms with Gasteiger partial charge in [-0.3, -0.25) is 4.31 Å². The molecule has 0 bridgehead atoms. The van der Waals surface area contributed by atoms with Crippen LogP contribution in [0.25, 0.3) is 22.3 Å². The number of rotatable bonds is 6. The van der Waals surface area contributed by atoms with Crippen LogP contribution in [0.5, 0.6) is 0 Å². The highest BCUT2D eigenvalue weighted by atomic mass is 32.2. The van der Waals surface area contributed by atoms with Crippen molar-refractivity contribution in [2.75, 3.05) is 16.3 Å². The topological polar surface area (TPSA) is 29.3 Å². The Morgan fingerprint density at radius 3 is 1.90 bits per heavy atom. The van der Waals surface area contributed by atoms with Crippen molar-refractivity contribution in [3.63, 3.8) is 0 Å². The van der Waals surface area contributed by atoms with E-state index >= 15 is 0 Å². The highest BCUT2D eigenvalue weighted by Crippen LogP contribution is 2.42. The molecule has 0 amide bonds. The number of hydrogen-bond donors (Lipinski definition) is 1. The van der Waals surface area contributed by atoms with Crippen molar-refractivity contribution < 1.29 is 0 Å². The molecule has 0 heterocycles. The van der Waals surface area contributed by atoms with E-state index in [4.69, 9.17) is 5.73 Å². The molecule has 2 N–H and O–H groups in total. The molecule has 4 rings (SSSR count). The molecule has 0 spiro atoms. The summed E-state index contributed by atoms with van der Waals surface area (Å²) >= 11 is 1.71. The summed E-state index contributed by atoms with van der Waals surface area (Å²) in [5, 5.41) is 0. The zero-order valence-corrected chi connectivity index (χ0v) is 18.2. The van der Waals surface area contributed by atoms with E-state index in [9.17, 15) is 0 Å². The standard InChI is InChI=1S/C27H26N2S/c1-3-21-22(24-14-7-9-18-26(24)28)16-11-17-23(21)25-15-8-10-19-27(25)29(30-2)20-12-5-4-6-13-20/h4-19H,3,28H2,1-2H3. The van der Waals surface area contributed by atoms with Gasteiger partial charge in [-0.25, -0.2) is 0 Å². The predicted molar refractivity (Wildman–Crippen MR) is 133 cm³/mol. The summed E-state index contributed by atoms with van der Waals surface area (Å²) in [6.45, 7) is 2.22. The van der Waals surface area contributed by atoms with Crippen LogP contribution in [0.4, 0.5) is 17.1 Å². The molecular weight excluding hydrogens is 384 g/mol. The van der Waals surface area contributed by atoms with E-state index in [1.165, 1.54) is 33.6 Å². The minimum absolute atomic E-state index is 0.813.